The van der Waals surface area contributed by atoms with Crippen LogP contribution in [0.2, 0.25) is 10.0 Å². The zero-order valence-corrected chi connectivity index (χ0v) is 37.8. The molecule has 8 rings (SSSR count). The average molecular weight is 902 g/mol. The number of aliphatic hydroxyl groups is 1. The summed E-state index contributed by atoms with van der Waals surface area (Å²) < 4.78 is 41.8. The van der Waals surface area contributed by atoms with Crippen LogP contribution in [0.25, 0.3) is 16.5 Å². The molecule has 0 unspecified atom stereocenters. The lowest BCUT2D eigenvalue weighted by atomic mass is 9.72. The first-order chi connectivity index (χ1) is 29.7. The molecule has 2 aliphatic carbocycles. The zero-order valence-electron chi connectivity index (χ0n) is 35.4. The van der Waals surface area contributed by atoms with Crippen molar-refractivity contribution in [1.82, 2.24) is 24.8 Å². The van der Waals surface area contributed by atoms with Gasteiger partial charge < -0.3 is 19.5 Å². The van der Waals surface area contributed by atoms with E-state index in [1.165, 1.54) is 22.8 Å². The molecule has 3 aliphatic rings. The molecule has 62 heavy (non-hydrogen) atoms. The Balaban J connectivity index is 0.974. The van der Waals surface area contributed by atoms with E-state index in [0.717, 1.165) is 87.3 Å². The molecular weight excluding hydrogens is 848 g/mol. The van der Waals surface area contributed by atoms with Crippen molar-refractivity contribution in [3.8, 4) is 17.4 Å². The third kappa shape index (κ3) is 10.1. The Hall–Kier alpha value is -4.66. The highest BCUT2D eigenvalue weighted by Gasteiger charge is 2.33. The van der Waals surface area contributed by atoms with Crippen LogP contribution in [0.1, 0.15) is 88.1 Å². The van der Waals surface area contributed by atoms with E-state index in [-0.39, 0.29) is 38.4 Å². The number of nitrogens with one attached hydrogen (secondary N) is 2. The fraction of sp³-hybridized carbons (Fsp3) is 0.426. The van der Waals surface area contributed by atoms with E-state index in [1.807, 2.05) is 37.3 Å². The van der Waals surface area contributed by atoms with Crippen molar-refractivity contribution in [3.05, 3.63) is 106 Å². The second kappa shape index (κ2) is 18.2. The highest BCUT2D eigenvalue weighted by Crippen LogP contribution is 2.44. The Bertz CT molecular complexity index is 2560. The summed E-state index contributed by atoms with van der Waals surface area (Å²) in [4.78, 5) is 22.6. The summed E-state index contributed by atoms with van der Waals surface area (Å²) in [7, 11) is -4.42. The van der Waals surface area contributed by atoms with Crippen molar-refractivity contribution in [2.75, 3.05) is 44.2 Å². The third-order valence-electron chi connectivity index (χ3n) is 12.9. The van der Waals surface area contributed by atoms with Crippen molar-refractivity contribution in [1.29, 1.82) is 0 Å². The molecule has 5 aromatic rings. The number of aromatic amines is 1. The fourth-order valence-corrected chi connectivity index (χ4v) is 10.2. The Kier molecular flexibility index (Phi) is 12.9. The van der Waals surface area contributed by atoms with Crippen LogP contribution in [0, 0.1) is 11.3 Å². The summed E-state index contributed by atoms with van der Waals surface area (Å²) in [6.07, 6.45) is 9.74. The predicted molar refractivity (Wildman–Crippen MR) is 244 cm³/mol. The van der Waals surface area contributed by atoms with Crippen LogP contribution in [-0.4, -0.2) is 84.4 Å². The SMILES string of the molecule is CC[C@]1(O)CC[C@H](COc2ncc(S(=O)(=O)NC(=O)c3ccc(N4CCN(CC5=C(c6ccc(Cl)cc6)CC(C)(C)CC5)CC4)cc3Oc3cccc4[nH]ncc34)cc2Cl)CC1. The van der Waals surface area contributed by atoms with Gasteiger partial charge in [0, 0.05) is 49.5 Å². The molecule has 3 aromatic carbocycles. The first-order valence-electron chi connectivity index (χ1n) is 21.4. The highest BCUT2D eigenvalue weighted by molar-refractivity contribution is 7.90. The van der Waals surface area contributed by atoms with Crippen LogP contribution in [0.15, 0.2) is 89.6 Å². The number of nitrogens with zero attached hydrogens (tertiary/aromatic N) is 4. The van der Waals surface area contributed by atoms with Gasteiger partial charge in [0.05, 0.1) is 41.1 Å². The van der Waals surface area contributed by atoms with E-state index in [1.54, 1.807) is 24.4 Å². The van der Waals surface area contributed by atoms with Crippen molar-refractivity contribution < 1.29 is 27.8 Å². The number of halogens is 2. The third-order valence-corrected chi connectivity index (χ3v) is 14.7. The molecule has 15 heteroatoms. The monoisotopic (exact) mass is 900 g/mol. The van der Waals surface area contributed by atoms with Gasteiger partial charge in [0.25, 0.3) is 15.9 Å². The molecule has 0 spiro atoms. The van der Waals surface area contributed by atoms with E-state index in [9.17, 15) is 18.3 Å². The molecule has 328 valence electrons. The lowest BCUT2D eigenvalue weighted by molar-refractivity contribution is -0.0180. The van der Waals surface area contributed by atoms with E-state index in [4.69, 9.17) is 32.7 Å². The van der Waals surface area contributed by atoms with Crippen LogP contribution in [0.4, 0.5) is 5.69 Å². The summed E-state index contributed by atoms with van der Waals surface area (Å²) in [6.45, 7) is 11.1. The number of sulfonamides is 1. The first-order valence-corrected chi connectivity index (χ1v) is 23.7. The van der Waals surface area contributed by atoms with Gasteiger partial charge in [-0.05, 0) is 116 Å². The second-order valence-electron chi connectivity index (χ2n) is 17.8. The van der Waals surface area contributed by atoms with E-state index in [0.29, 0.717) is 37.0 Å². The maximum absolute atomic E-state index is 13.9. The number of allylic oxidation sites excluding steroid dienone is 1. The lowest BCUT2D eigenvalue weighted by Gasteiger charge is -2.39. The Labute approximate surface area is 373 Å². The number of benzene rings is 3. The molecule has 1 saturated carbocycles. The number of pyridine rings is 1. The summed E-state index contributed by atoms with van der Waals surface area (Å²) >= 11 is 12.7. The molecular formula is C47H54Cl2N6O6S. The number of piperazine rings is 1. The zero-order chi connectivity index (χ0) is 43.6. The van der Waals surface area contributed by atoms with Crippen LogP contribution < -0.4 is 19.1 Å². The van der Waals surface area contributed by atoms with Crippen molar-refractivity contribution in [2.45, 2.75) is 82.6 Å². The van der Waals surface area contributed by atoms with Gasteiger partial charge in [-0.1, -0.05) is 67.7 Å². The molecule has 2 fully saturated rings. The van der Waals surface area contributed by atoms with E-state index >= 15 is 0 Å². The number of hydrogen-bond donors (Lipinski definition) is 3. The normalized spacial score (nSPS) is 20.9. The number of hydrogen-bond acceptors (Lipinski definition) is 10. The maximum atomic E-state index is 13.9. The number of fused-ring (bicyclic) bond motifs is 1. The van der Waals surface area contributed by atoms with Gasteiger partial charge in [-0.2, -0.15) is 5.10 Å². The average Bonchev–Trinajstić information content (AvgIpc) is 3.75. The molecule has 1 amide bonds. The topological polar surface area (TPSA) is 150 Å². The number of carbonyl (C=O) groups is 1. The molecule has 3 N–H and O–H groups in total. The number of H-pyrrole nitrogens is 1. The van der Waals surface area contributed by atoms with Crippen molar-refractivity contribution in [3.63, 3.8) is 0 Å². The van der Waals surface area contributed by atoms with Gasteiger partial charge in [0.15, 0.2) is 0 Å². The van der Waals surface area contributed by atoms with E-state index in [2.05, 4.69) is 55.7 Å². The van der Waals surface area contributed by atoms with E-state index < -0.39 is 21.5 Å². The van der Waals surface area contributed by atoms with Gasteiger partial charge in [0.1, 0.15) is 21.4 Å². The number of ether oxygens (including phenoxy) is 2. The van der Waals surface area contributed by atoms with Crippen LogP contribution >= 0.6 is 23.2 Å². The minimum Gasteiger partial charge on any atom is -0.476 e. The maximum Gasteiger partial charge on any atom is 0.268 e. The van der Waals surface area contributed by atoms with Crippen LogP contribution in [0.3, 0.4) is 0 Å². The lowest BCUT2D eigenvalue weighted by Crippen LogP contribution is -2.47. The Morgan fingerprint density at radius 3 is 2.45 bits per heavy atom. The quantitative estimate of drug-likeness (QED) is 0.104. The summed E-state index contributed by atoms with van der Waals surface area (Å²) in [5.41, 5.74) is 5.39. The van der Waals surface area contributed by atoms with Gasteiger partial charge in [-0.3, -0.25) is 14.8 Å². The molecule has 0 bridgehead atoms. The van der Waals surface area contributed by atoms with Gasteiger partial charge in [-0.25, -0.2) is 18.1 Å². The largest absolute Gasteiger partial charge is 0.476 e. The highest BCUT2D eigenvalue weighted by atomic mass is 35.5. The summed E-state index contributed by atoms with van der Waals surface area (Å²) in [5.74, 6) is 0.0936. The summed E-state index contributed by atoms with van der Waals surface area (Å²) in [6, 6.07) is 20.1. The van der Waals surface area contributed by atoms with Crippen molar-refractivity contribution >= 4 is 61.3 Å². The predicted octanol–water partition coefficient (Wildman–Crippen LogP) is 9.67. The molecule has 0 radical (unpaired) electrons. The minimum atomic E-state index is -4.42. The number of rotatable bonds is 13. The Morgan fingerprint density at radius 2 is 1.73 bits per heavy atom. The number of amides is 1. The Morgan fingerprint density at radius 1 is 0.968 bits per heavy atom. The smallest absolute Gasteiger partial charge is 0.268 e. The molecule has 1 saturated heterocycles. The first kappa shape index (κ1) is 44.0. The molecule has 3 heterocycles. The minimum absolute atomic E-state index is 0.00397. The van der Waals surface area contributed by atoms with Gasteiger partial charge in [0.2, 0.25) is 5.88 Å². The summed E-state index contributed by atoms with van der Waals surface area (Å²) in [5, 5.41) is 19.1. The molecule has 1 aliphatic heterocycles. The van der Waals surface area contributed by atoms with Crippen molar-refractivity contribution in [2.24, 2.45) is 11.3 Å². The second-order valence-corrected chi connectivity index (χ2v) is 20.3. The molecule has 12 nitrogen and oxygen atoms in total. The van der Waals surface area contributed by atoms with Crippen LogP contribution in [0.5, 0.6) is 17.4 Å². The fourth-order valence-electron chi connectivity index (χ4n) is 8.86. The molecule has 2 aromatic heterocycles. The van der Waals surface area contributed by atoms with Crippen LogP contribution in [-0.2, 0) is 10.0 Å². The number of aromatic nitrogens is 3. The van der Waals surface area contributed by atoms with Gasteiger partial charge in [-0.15, -0.1) is 0 Å². The van der Waals surface area contributed by atoms with Gasteiger partial charge >= 0.3 is 0 Å². The number of anilines is 1. The number of carbonyl (C=O) groups excluding carboxylic acids is 1. The standard InChI is InChI=1S/C47H54Cl2N6O6S/c1-4-47(57)18-14-31(15-19-47)30-60-45-40(49)25-36(27-50-45)62(58,59)53-44(56)37-13-12-35(24-43(37)61-42-7-5-6-41-39(42)28-51-52-41)55-22-20-54(21-23-55)29-33-16-17-46(2,3)26-38(33)32-8-10-34(48)11-9-32/h5-13,24-25,27-28,31,57H,4,14-23,26,29-30H2,1-3H3,(H,51,52)(H,53,56)/t31-,47-. The molecule has 0 atom stereocenters.